The Morgan fingerprint density at radius 1 is 1.62 bits per heavy atom. The zero-order valence-corrected chi connectivity index (χ0v) is 9.48. The number of hydrogen-bond donors (Lipinski definition) is 2. The second kappa shape index (κ2) is 5.65. The monoisotopic (exact) mass is 226 g/mol. The number of rotatable bonds is 6. The minimum absolute atomic E-state index is 0.0238. The summed E-state index contributed by atoms with van der Waals surface area (Å²) < 4.78 is 0. The first kappa shape index (κ1) is 12.7. The standard InChI is InChI=1S/C11H18N2O3/c1-3-4-12-5-10(14)13-6-9(7-13)8(2)11(15)16/h3,8-9,12H,1,4-7H2,2H3,(H,15,16). The van der Waals surface area contributed by atoms with Crippen molar-refractivity contribution in [1.82, 2.24) is 10.2 Å². The molecule has 0 aliphatic carbocycles. The van der Waals surface area contributed by atoms with Gasteiger partial charge in [0.05, 0.1) is 12.5 Å². The number of amides is 1. The van der Waals surface area contributed by atoms with Crippen molar-refractivity contribution in [1.29, 1.82) is 0 Å². The van der Waals surface area contributed by atoms with Gasteiger partial charge in [-0.3, -0.25) is 9.59 Å². The van der Waals surface area contributed by atoms with Crippen LogP contribution in [-0.2, 0) is 9.59 Å². The van der Waals surface area contributed by atoms with Gasteiger partial charge in [0.2, 0.25) is 5.91 Å². The van der Waals surface area contributed by atoms with E-state index in [2.05, 4.69) is 11.9 Å². The summed E-state index contributed by atoms with van der Waals surface area (Å²) >= 11 is 0. The van der Waals surface area contributed by atoms with Crippen LogP contribution in [0.5, 0.6) is 0 Å². The van der Waals surface area contributed by atoms with Gasteiger partial charge < -0.3 is 15.3 Å². The summed E-state index contributed by atoms with van der Waals surface area (Å²) in [6.07, 6.45) is 1.69. The number of carbonyl (C=O) groups excluding carboxylic acids is 1. The molecule has 1 heterocycles. The third-order valence-corrected chi connectivity index (χ3v) is 2.92. The van der Waals surface area contributed by atoms with Crippen LogP contribution in [-0.4, -0.2) is 48.1 Å². The fourth-order valence-electron chi connectivity index (χ4n) is 1.63. The topological polar surface area (TPSA) is 69.6 Å². The maximum atomic E-state index is 11.5. The molecular formula is C11H18N2O3. The Balaban J connectivity index is 2.22. The average Bonchev–Trinajstić information content (AvgIpc) is 2.15. The fraction of sp³-hybridized carbons (Fsp3) is 0.636. The molecule has 90 valence electrons. The first-order valence-corrected chi connectivity index (χ1v) is 5.38. The van der Waals surface area contributed by atoms with Gasteiger partial charge in [-0.15, -0.1) is 6.58 Å². The molecule has 1 amide bonds. The first-order chi connectivity index (χ1) is 7.56. The minimum Gasteiger partial charge on any atom is -0.481 e. The molecule has 2 N–H and O–H groups in total. The average molecular weight is 226 g/mol. The van der Waals surface area contributed by atoms with Gasteiger partial charge in [0.25, 0.3) is 0 Å². The van der Waals surface area contributed by atoms with E-state index in [4.69, 9.17) is 5.11 Å². The molecule has 1 fully saturated rings. The Morgan fingerprint density at radius 2 is 2.25 bits per heavy atom. The number of likely N-dealkylation sites (tertiary alicyclic amines) is 1. The summed E-state index contributed by atoms with van der Waals surface area (Å²) in [7, 11) is 0. The van der Waals surface area contributed by atoms with Crippen molar-refractivity contribution in [3.05, 3.63) is 12.7 Å². The predicted molar refractivity (Wildman–Crippen MR) is 59.9 cm³/mol. The molecule has 0 aromatic heterocycles. The van der Waals surface area contributed by atoms with Gasteiger partial charge in [-0.1, -0.05) is 13.0 Å². The van der Waals surface area contributed by atoms with Crippen molar-refractivity contribution in [3.63, 3.8) is 0 Å². The Bertz CT molecular complexity index is 285. The molecule has 5 nitrogen and oxygen atoms in total. The van der Waals surface area contributed by atoms with Gasteiger partial charge in [-0.05, 0) is 0 Å². The molecule has 0 saturated carbocycles. The molecule has 1 saturated heterocycles. The third-order valence-electron chi connectivity index (χ3n) is 2.92. The quantitative estimate of drug-likeness (QED) is 0.492. The molecule has 1 aliphatic heterocycles. The molecule has 1 atom stereocenters. The van der Waals surface area contributed by atoms with Crippen molar-refractivity contribution in [2.45, 2.75) is 6.92 Å². The molecule has 1 aliphatic rings. The SMILES string of the molecule is C=CCNCC(=O)N1CC(C(C)C(=O)O)C1. The van der Waals surface area contributed by atoms with Crippen molar-refractivity contribution < 1.29 is 14.7 Å². The molecule has 16 heavy (non-hydrogen) atoms. The van der Waals surface area contributed by atoms with Crippen LogP contribution in [0.2, 0.25) is 0 Å². The van der Waals surface area contributed by atoms with Crippen LogP contribution in [0.1, 0.15) is 6.92 Å². The minimum atomic E-state index is -0.790. The lowest BCUT2D eigenvalue weighted by molar-refractivity contribution is -0.150. The van der Waals surface area contributed by atoms with E-state index in [1.165, 1.54) is 0 Å². The van der Waals surface area contributed by atoms with E-state index in [1.54, 1.807) is 17.9 Å². The zero-order valence-electron chi connectivity index (χ0n) is 9.48. The van der Waals surface area contributed by atoms with Gasteiger partial charge in [-0.2, -0.15) is 0 Å². The Kier molecular flexibility index (Phi) is 4.49. The highest BCUT2D eigenvalue weighted by atomic mass is 16.4. The number of nitrogens with zero attached hydrogens (tertiary/aromatic N) is 1. The lowest BCUT2D eigenvalue weighted by Gasteiger charge is -2.41. The normalized spacial score (nSPS) is 17.7. The number of hydrogen-bond acceptors (Lipinski definition) is 3. The van der Waals surface area contributed by atoms with E-state index in [9.17, 15) is 9.59 Å². The van der Waals surface area contributed by atoms with Crippen LogP contribution < -0.4 is 5.32 Å². The van der Waals surface area contributed by atoms with Crippen LogP contribution in [0, 0.1) is 11.8 Å². The molecule has 0 radical (unpaired) electrons. The molecule has 0 aromatic carbocycles. The second-order valence-corrected chi connectivity index (χ2v) is 4.11. The molecular weight excluding hydrogens is 208 g/mol. The second-order valence-electron chi connectivity index (χ2n) is 4.11. The molecule has 0 bridgehead atoms. The predicted octanol–water partition coefficient (Wildman–Crippen LogP) is -0.0589. The first-order valence-electron chi connectivity index (χ1n) is 5.38. The van der Waals surface area contributed by atoms with Gasteiger partial charge in [-0.25, -0.2) is 0 Å². The van der Waals surface area contributed by atoms with Gasteiger partial charge in [0.1, 0.15) is 0 Å². The summed E-state index contributed by atoms with van der Waals surface area (Å²) in [4.78, 5) is 23.9. The zero-order chi connectivity index (χ0) is 12.1. The van der Waals surface area contributed by atoms with E-state index in [-0.39, 0.29) is 17.7 Å². The van der Waals surface area contributed by atoms with Crippen molar-refractivity contribution in [2.24, 2.45) is 11.8 Å². The van der Waals surface area contributed by atoms with E-state index in [0.29, 0.717) is 26.2 Å². The highest BCUT2D eigenvalue weighted by molar-refractivity contribution is 5.79. The number of carboxylic acid groups (broad SMARTS) is 1. The van der Waals surface area contributed by atoms with Crippen molar-refractivity contribution in [3.8, 4) is 0 Å². The number of aliphatic carboxylic acids is 1. The lowest BCUT2D eigenvalue weighted by Crippen LogP contribution is -2.55. The number of carboxylic acids is 1. The summed E-state index contributed by atoms with van der Waals surface area (Å²) in [5.74, 6) is -1.04. The maximum Gasteiger partial charge on any atom is 0.306 e. The van der Waals surface area contributed by atoms with Crippen LogP contribution in [0.15, 0.2) is 12.7 Å². The van der Waals surface area contributed by atoms with Crippen LogP contribution >= 0.6 is 0 Å². The van der Waals surface area contributed by atoms with Gasteiger partial charge in [0, 0.05) is 25.6 Å². The molecule has 0 spiro atoms. The highest BCUT2D eigenvalue weighted by Crippen LogP contribution is 2.23. The summed E-state index contributed by atoms with van der Waals surface area (Å²) in [6.45, 7) is 7.24. The summed E-state index contributed by atoms with van der Waals surface area (Å²) in [5, 5.41) is 11.7. The highest BCUT2D eigenvalue weighted by Gasteiger charge is 2.36. The van der Waals surface area contributed by atoms with E-state index in [0.717, 1.165) is 0 Å². The van der Waals surface area contributed by atoms with Crippen LogP contribution in [0.3, 0.4) is 0 Å². The van der Waals surface area contributed by atoms with Crippen LogP contribution in [0.4, 0.5) is 0 Å². The molecule has 0 aromatic rings. The number of carbonyl (C=O) groups is 2. The smallest absolute Gasteiger partial charge is 0.306 e. The van der Waals surface area contributed by atoms with Crippen molar-refractivity contribution in [2.75, 3.05) is 26.2 Å². The Morgan fingerprint density at radius 3 is 2.75 bits per heavy atom. The van der Waals surface area contributed by atoms with Gasteiger partial charge in [0.15, 0.2) is 0 Å². The summed E-state index contributed by atoms with van der Waals surface area (Å²) in [5.41, 5.74) is 0. The van der Waals surface area contributed by atoms with E-state index in [1.807, 2.05) is 0 Å². The molecule has 5 heteroatoms. The lowest BCUT2D eigenvalue weighted by atomic mass is 9.87. The Labute approximate surface area is 95.1 Å². The van der Waals surface area contributed by atoms with Crippen molar-refractivity contribution >= 4 is 11.9 Å². The maximum absolute atomic E-state index is 11.5. The van der Waals surface area contributed by atoms with Gasteiger partial charge >= 0.3 is 5.97 Å². The summed E-state index contributed by atoms with van der Waals surface area (Å²) in [6, 6.07) is 0. The van der Waals surface area contributed by atoms with Crippen LogP contribution in [0.25, 0.3) is 0 Å². The van der Waals surface area contributed by atoms with E-state index < -0.39 is 5.97 Å². The molecule has 1 unspecified atom stereocenters. The number of nitrogens with one attached hydrogen (secondary N) is 1. The molecule has 1 rings (SSSR count). The fourth-order valence-corrected chi connectivity index (χ4v) is 1.63. The largest absolute Gasteiger partial charge is 0.481 e. The Hall–Kier alpha value is -1.36. The van der Waals surface area contributed by atoms with E-state index >= 15 is 0 Å². The third kappa shape index (κ3) is 3.06.